The Hall–Kier alpha value is -2.42. The van der Waals surface area contributed by atoms with Crippen molar-refractivity contribution < 1.29 is 28.3 Å². The van der Waals surface area contributed by atoms with Gasteiger partial charge in [0.15, 0.2) is 5.69 Å². The van der Waals surface area contributed by atoms with Crippen molar-refractivity contribution in [2.24, 2.45) is 11.7 Å². The summed E-state index contributed by atoms with van der Waals surface area (Å²) in [7, 11) is 0. The first kappa shape index (κ1) is 22.6. The van der Waals surface area contributed by atoms with Crippen LogP contribution >= 0.6 is 0 Å². The highest BCUT2D eigenvalue weighted by Crippen LogP contribution is 2.21. The number of esters is 2. The first-order valence-corrected chi connectivity index (χ1v) is 9.18. The molecule has 1 rings (SSSR count). The van der Waals surface area contributed by atoms with Crippen LogP contribution in [-0.2, 0) is 19.1 Å². The Labute approximate surface area is 159 Å². The molecule has 3 N–H and O–H groups in total. The van der Waals surface area contributed by atoms with E-state index >= 15 is 0 Å². The van der Waals surface area contributed by atoms with Gasteiger partial charge in [-0.15, -0.1) is 0 Å². The maximum Gasteiger partial charge on any atom is 0.328 e. The fourth-order valence-electron chi connectivity index (χ4n) is 2.26. The number of nitrogens with two attached hydrogens (primary N) is 1. The quantitative estimate of drug-likeness (QED) is 0.552. The van der Waals surface area contributed by atoms with Crippen LogP contribution in [0.25, 0.3) is 0 Å². The number of nitrogens with zero attached hydrogens (tertiary/aromatic N) is 1. The summed E-state index contributed by atoms with van der Waals surface area (Å²) in [4.78, 5) is 40.1. The number of hydrogen-bond acceptors (Lipinski definition) is 8. The van der Waals surface area contributed by atoms with Crippen molar-refractivity contribution in [2.75, 3.05) is 13.2 Å². The predicted octanol–water partition coefficient (Wildman–Crippen LogP) is 1.73. The lowest BCUT2D eigenvalue weighted by molar-refractivity contribution is -0.146. The summed E-state index contributed by atoms with van der Waals surface area (Å²) < 4.78 is 15.1. The fraction of sp³-hybridized carbons (Fsp3) is 0.667. The van der Waals surface area contributed by atoms with Crippen LogP contribution in [0.4, 0.5) is 0 Å². The zero-order chi connectivity index (χ0) is 20.4. The minimum Gasteiger partial charge on any atom is -0.466 e. The number of amides is 1. The van der Waals surface area contributed by atoms with E-state index in [9.17, 15) is 14.4 Å². The van der Waals surface area contributed by atoms with Crippen LogP contribution in [-0.4, -0.2) is 42.1 Å². The average Bonchev–Trinajstić information content (AvgIpc) is 3.14. The Kier molecular flexibility index (Phi) is 9.49. The zero-order valence-electron chi connectivity index (χ0n) is 16.3. The summed E-state index contributed by atoms with van der Waals surface area (Å²) in [5.41, 5.74) is 6.06. The highest BCUT2D eigenvalue weighted by atomic mass is 16.5. The van der Waals surface area contributed by atoms with Crippen molar-refractivity contribution in [1.29, 1.82) is 0 Å². The molecule has 1 aromatic rings. The Morgan fingerprint density at radius 1 is 1.22 bits per heavy atom. The maximum absolute atomic E-state index is 12.4. The summed E-state index contributed by atoms with van der Waals surface area (Å²) in [5.74, 6) is -1.30. The topological polar surface area (TPSA) is 134 Å². The molecular weight excluding hydrogens is 354 g/mol. The number of rotatable bonds is 11. The third-order valence-electron chi connectivity index (χ3n) is 4.12. The molecule has 9 nitrogen and oxygen atoms in total. The number of ether oxygens (including phenoxy) is 2. The van der Waals surface area contributed by atoms with Crippen molar-refractivity contribution in [3.05, 3.63) is 17.8 Å². The molecule has 3 atom stereocenters. The van der Waals surface area contributed by atoms with E-state index in [2.05, 4.69) is 10.3 Å². The van der Waals surface area contributed by atoms with Gasteiger partial charge in [0.1, 0.15) is 12.3 Å². The lowest BCUT2D eigenvalue weighted by Crippen LogP contribution is -2.42. The molecule has 0 radical (unpaired) electrons. The Balaban J connectivity index is 2.79. The first-order chi connectivity index (χ1) is 12.8. The van der Waals surface area contributed by atoms with Crippen LogP contribution in [0.2, 0.25) is 0 Å². The molecule has 1 aromatic heterocycles. The summed E-state index contributed by atoms with van der Waals surface area (Å²) in [6.07, 6.45) is 2.06. The lowest BCUT2D eigenvalue weighted by atomic mass is 10.0. The van der Waals surface area contributed by atoms with E-state index in [1.807, 2.05) is 13.8 Å². The largest absolute Gasteiger partial charge is 0.466 e. The molecule has 152 valence electrons. The van der Waals surface area contributed by atoms with E-state index in [1.54, 1.807) is 13.8 Å². The number of carbonyl (C=O) groups is 3. The van der Waals surface area contributed by atoms with Crippen LogP contribution < -0.4 is 11.1 Å². The highest BCUT2D eigenvalue weighted by molar-refractivity contribution is 5.95. The average molecular weight is 383 g/mol. The Morgan fingerprint density at radius 3 is 2.48 bits per heavy atom. The molecule has 1 amide bonds. The molecule has 0 spiro atoms. The van der Waals surface area contributed by atoms with Crippen molar-refractivity contribution in [1.82, 2.24) is 10.3 Å². The van der Waals surface area contributed by atoms with Gasteiger partial charge in [-0.3, -0.25) is 9.59 Å². The summed E-state index contributed by atoms with van der Waals surface area (Å²) >= 11 is 0. The van der Waals surface area contributed by atoms with Gasteiger partial charge >= 0.3 is 11.9 Å². The van der Waals surface area contributed by atoms with Crippen molar-refractivity contribution in [3.8, 4) is 0 Å². The second kappa shape index (κ2) is 11.3. The number of hydrogen-bond donors (Lipinski definition) is 2. The van der Waals surface area contributed by atoms with Crippen molar-refractivity contribution in [3.63, 3.8) is 0 Å². The van der Waals surface area contributed by atoms with Crippen LogP contribution in [0.3, 0.4) is 0 Å². The van der Waals surface area contributed by atoms with E-state index in [4.69, 9.17) is 19.6 Å². The molecule has 0 saturated carbocycles. The maximum atomic E-state index is 12.4. The van der Waals surface area contributed by atoms with Crippen molar-refractivity contribution >= 4 is 17.8 Å². The van der Waals surface area contributed by atoms with Gasteiger partial charge in [-0.05, 0) is 26.2 Å². The van der Waals surface area contributed by atoms with Gasteiger partial charge in [-0.2, -0.15) is 0 Å². The third kappa shape index (κ3) is 7.01. The molecule has 0 bridgehead atoms. The standard InChI is InChI=1S/C18H29N3O6/c1-5-11(4)15(19)17-21-13(10-27-17)16(23)20-12(18(24)26-7-3)8-9-14(22)25-6-2/h10-12,15H,5-9,19H2,1-4H3,(H,20,23). The molecule has 0 saturated heterocycles. The second-order valence-electron chi connectivity index (χ2n) is 6.10. The molecular formula is C18H29N3O6. The second-order valence-corrected chi connectivity index (χ2v) is 6.10. The minimum atomic E-state index is -0.995. The van der Waals surface area contributed by atoms with E-state index in [-0.39, 0.29) is 43.6 Å². The molecule has 0 fully saturated rings. The van der Waals surface area contributed by atoms with Gasteiger partial charge in [0.05, 0.1) is 19.3 Å². The highest BCUT2D eigenvalue weighted by Gasteiger charge is 2.26. The van der Waals surface area contributed by atoms with E-state index in [0.717, 1.165) is 6.42 Å². The number of carbonyl (C=O) groups excluding carboxylic acids is 3. The molecule has 0 aliphatic rings. The normalized spacial score (nSPS) is 14.1. The van der Waals surface area contributed by atoms with Crippen LogP contribution in [0.1, 0.15) is 69.4 Å². The summed E-state index contributed by atoms with van der Waals surface area (Å²) in [6.45, 7) is 7.70. The molecule has 3 unspecified atom stereocenters. The predicted molar refractivity (Wildman–Crippen MR) is 96.6 cm³/mol. The molecule has 27 heavy (non-hydrogen) atoms. The Bertz CT molecular complexity index is 630. The fourth-order valence-corrected chi connectivity index (χ4v) is 2.26. The van der Waals surface area contributed by atoms with E-state index < -0.39 is 29.9 Å². The smallest absolute Gasteiger partial charge is 0.328 e. The monoisotopic (exact) mass is 383 g/mol. The van der Waals surface area contributed by atoms with Crippen LogP contribution in [0, 0.1) is 5.92 Å². The third-order valence-corrected chi connectivity index (χ3v) is 4.12. The minimum absolute atomic E-state index is 0.00851. The summed E-state index contributed by atoms with van der Waals surface area (Å²) in [5, 5.41) is 2.53. The van der Waals surface area contributed by atoms with Crippen LogP contribution in [0.5, 0.6) is 0 Å². The molecule has 9 heteroatoms. The zero-order valence-corrected chi connectivity index (χ0v) is 16.3. The number of aromatic nitrogens is 1. The van der Waals surface area contributed by atoms with Gasteiger partial charge in [-0.1, -0.05) is 20.3 Å². The first-order valence-electron chi connectivity index (χ1n) is 9.18. The molecule has 0 aliphatic heterocycles. The van der Waals surface area contributed by atoms with Gasteiger partial charge in [0, 0.05) is 6.42 Å². The van der Waals surface area contributed by atoms with Gasteiger partial charge in [0.2, 0.25) is 5.89 Å². The van der Waals surface area contributed by atoms with Crippen LogP contribution in [0.15, 0.2) is 10.7 Å². The summed E-state index contributed by atoms with van der Waals surface area (Å²) in [6, 6.07) is -1.42. The number of nitrogens with one attached hydrogen (secondary N) is 1. The molecule has 0 aromatic carbocycles. The SMILES string of the molecule is CCOC(=O)CCC(NC(=O)c1coc(C(N)C(C)CC)n1)C(=O)OCC. The van der Waals surface area contributed by atoms with Gasteiger partial charge in [0.25, 0.3) is 5.91 Å². The van der Waals surface area contributed by atoms with Crippen molar-refractivity contribution in [2.45, 2.75) is 59.0 Å². The lowest BCUT2D eigenvalue weighted by Gasteiger charge is -2.16. The van der Waals surface area contributed by atoms with Gasteiger partial charge in [-0.25, -0.2) is 9.78 Å². The van der Waals surface area contributed by atoms with Gasteiger partial charge < -0.3 is 24.9 Å². The van der Waals surface area contributed by atoms with E-state index in [1.165, 1.54) is 6.26 Å². The molecule has 1 heterocycles. The van der Waals surface area contributed by atoms with E-state index in [0.29, 0.717) is 0 Å². The Morgan fingerprint density at radius 2 is 1.89 bits per heavy atom. The number of oxazole rings is 1. The molecule has 0 aliphatic carbocycles.